The number of anilines is 1. The second-order valence-corrected chi connectivity index (χ2v) is 7.43. The Bertz CT molecular complexity index is 778. The molecule has 4 rings (SSSR count). The highest BCUT2D eigenvalue weighted by Gasteiger charge is 2.49. The van der Waals surface area contributed by atoms with E-state index in [9.17, 15) is 4.79 Å². The van der Waals surface area contributed by atoms with Crippen LogP contribution in [0.4, 0.5) is 5.69 Å². The van der Waals surface area contributed by atoms with Crippen LogP contribution in [0.1, 0.15) is 37.1 Å². The van der Waals surface area contributed by atoms with E-state index in [1.807, 2.05) is 38.1 Å². The Morgan fingerprint density at radius 3 is 3.04 bits per heavy atom. The van der Waals surface area contributed by atoms with Crippen molar-refractivity contribution in [3.8, 4) is 11.5 Å². The smallest absolute Gasteiger partial charge is 0.232 e. The van der Waals surface area contributed by atoms with Crippen LogP contribution in [-0.4, -0.2) is 24.0 Å². The monoisotopic (exact) mass is 339 g/mol. The number of nitrogens with one attached hydrogen (secondary N) is 2. The third-order valence-electron chi connectivity index (χ3n) is 5.89. The quantitative estimate of drug-likeness (QED) is 0.895. The lowest BCUT2D eigenvalue weighted by Crippen LogP contribution is -2.44. The fraction of sp³-hybridized carbons (Fsp3) is 0.500. The first-order chi connectivity index (χ1) is 12.1. The van der Waals surface area contributed by atoms with Crippen molar-refractivity contribution in [3.05, 3.63) is 35.7 Å². The molecule has 0 unspecified atom stereocenters. The zero-order valence-corrected chi connectivity index (χ0v) is 14.9. The van der Waals surface area contributed by atoms with Gasteiger partial charge in [-0.1, -0.05) is 18.9 Å². The van der Waals surface area contributed by atoms with Crippen molar-refractivity contribution in [1.82, 2.24) is 10.3 Å². The molecule has 5 heteroatoms. The van der Waals surface area contributed by atoms with Gasteiger partial charge in [-0.05, 0) is 57.4 Å². The highest BCUT2D eigenvalue weighted by atomic mass is 16.4. The first-order valence-corrected chi connectivity index (χ1v) is 9.15. The fourth-order valence-corrected chi connectivity index (χ4v) is 4.27. The molecule has 5 nitrogen and oxygen atoms in total. The van der Waals surface area contributed by atoms with Crippen LogP contribution in [0.2, 0.25) is 0 Å². The van der Waals surface area contributed by atoms with Crippen LogP contribution < -0.4 is 10.6 Å². The van der Waals surface area contributed by atoms with Crippen LogP contribution in [0.15, 0.2) is 28.7 Å². The predicted octanol–water partition coefficient (Wildman–Crippen LogP) is 3.68. The number of aromatic nitrogens is 1. The van der Waals surface area contributed by atoms with Gasteiger partial charge in [0.05, 0.1) is 11.1 Å². The van der Waals surface area contributed by atoms with Crippen LogP contribution in [0.3, 0.4) is 0 Å². The van der Waals surface area contributed by atoms with Gasteiger partial charge in [-0.2, -0.15) is 0 Å². The Balaban J connectivity index is 1.56. The van der Waals surface area contributed by atoms with Gasteiger partial charge in [0.2, 0.25) is 11.8 Å². The highest BCUT2D eigenvalue weighted by Crippen LogP contribution is 2.44. The molecule has 1 saturated carbocycles. The van der Waals surface area contributed by atoms with Crippen LogP contribution in [0, 0.1) is 25.2 Å². The van der Waals surface area contributed by atoms with Crippen molar-refractivity contribution < 1.29 is 9.21 Å². The van der Waals surface area contributed by atoms with Crippen molar-refractivity contribution >= 4 is 11.6 Å². The molecule has 2 N–H and O–H groups in total. The number of oxazole rings is 1. The van der Waals surface area contributed by atoms with E-state index in [2.05, 4.69) is 15.6 Å². The molecule has 25 heavy (non-hydrogen) atoms. The molecule has 1 amide bonds. The number of nitrogens with zero attached hydrogens (tertiary/aromatic N) is 1. The van der Waals surface area contributed by atoms with Gasteiger partial charge < -0.3 is 15.1 Å². The van der Waals surface area contributed by atoms with Crippen LogP contribution in [0.25, 0.3) is 11.5 Å². The van der Waals surface area contributed by atoms with Gasteiger partial charge in [0.1, 0.15) is 5.76 Å². The van der Waals surface area contributed by atoms with Gasteiger partial charge in [-0.25, -0.2) is 4.98 Å². The van der Waals surface area contributed by atoms with Crippen molar-refractivity contribution in [1.29, 1.82) is 0 Å². The standard InChI is InChI=1S/C20H25N3O2/c1-13-14(2)25-18(22-13)15-6-5-8-17(10-15)23-19(24)20-9-4-3-7-16(20)11-21-12-20/h5-6,8,10,16,21H,3-4,7,9,11-12H2,1-2H3,(H,23,24)/t16-,20+/m0/s1. The average Bonchev–Trinajstić information content (AvgIpc) is 3.20. The van der Waals surface area contributed by atoms with Crippen molar-refractivity contribution in [2.75, 3.05) is 18.4 Å². The number of rotatable bonds is 3. The van der Waals surface area contributed by atoms with Gasteiger partial charge in [-0.3, -0.25) is 4.79 Å². The molecule has 1 aromatic carbocycles. The summed E-state index contributed by atoms with van der Waals surface area (Å²) in [5, 5.41) is 6.59. The molecule has 0 spiro atoms. The summed E-state index contributed by atoms with van der Waals surface area (Å²) in [6.45, 7) is 5.60. The number of amides is 1. The van der Waals surface area contributed by atoms with E-state index in [0.29, 0.717) is 11.8 Å². The van der Waals surface area contributed by atoms with E-state index >= 15 is 0 Å². The first-order valence-electron chi connectivity index (χ1n) is 9.15. The number of benzene rings is 1. The van der Waals surface area contributed by atoms with E-state index in [4.69, 9.17) is 4.42 Å². The number of hydrogen-bond donors (Lipinski definition) is 2. The lowest BCUT2D eigenvalue weighted by Gasteiger charge is -2.37. The number of aryl methyl sites for hydroxylation is 2. The molecule has 2 atom stereocenters. The number of carbonyl (C=O) groups excluding carboxylic acids is 1. The summed E-state index contributed by atoms with van der Waals surface area (Å²) in [6, 6.07) is 7.77. The van der Waals surface area contributed by atoms with Gasteiger partial charge in [0.25, 0.3) is 0 Å². The first kappa shape index (κ1) is 16.3. The average molecular weight is 339 g/mol. The molecule has 0 bridgehead atoms. The zero-order valence-electron chi connectivity index (χ0n) is 14.9. The molecule has 0 radical (unpaired) electrons. The molecular formula is C20H25N3O2. The SMILES string of the molecule is Cc1nc(-c2cccc(NC(=O)[C@@]34CCCC[C@H]3CNC4)c2)oc1C. The largest absolute Gasteiger partial charge is 0.441 e. The Morgan fingerprint density at radius 1 is 1.36 bits per heavy atom. The minimum absolute atomic E-state index is 0.152. The number of fused-ring (bicyclic) bond motifs is 1. The fourth-order valence-electron chi connectivity index (χ4n) is 4.27. The van der Waals surface area contributed by atoms with Crippen LogP contribution in [0.5, 0.6) is 0 Å². The third-order valence-corrected chi connectivity index (χ3v) is 5.89. The molecular weight excluding hydrogens is 314 g/mol. The molecule has 1 saturated heterocycles. The van der Waals surface area contributed by atoms with Crippen molar-refractivity contribution in [3.63, 3.8) is 0 Å². The maximum absolute atomic E-state index is 13.1. The maximum Gasteiger partial charge on any atom is 0.232 e. The molecule has 1 aliphatic carbocycles. The van der Waals surface area contributed by atoms with E-state index in [1.165, 1.54) is 6.42 Å². The summed E-state index contributed by atoms with van der Waals surface area (Å²) in [5.74, 6) is 2.04. The van der Waals surface area contributed by atoms with Gasteiger partial charge in [0, 0.05) is 17.8 Å². The van der Waals surface area contributed by atoms with Crippen LogP contribution in [-0.2, 0) is 4.79 Å². The Kier molecular flexibility index (Phi) is 4.12. The second-order valence-electron chi connectivity index (χ2n) is 7.43. The van der Waals surface area contributed by atoms with Crippen molar-refractivity contribution in [2.45, 2.75) is 39.5 Å². The molecule has 2 fully saturated rings. The van der Waals surface area contributed by atoms with E-state index in [0.717, 1.165) is 55.1 Å². The normalized spacial score (nSPS) is 25.6. The Morgan fingerprint density at radius 2 is 2.24 bits per heavy atom. The molecule has 2 heterocycles. The second kappa shape index (κ2) is 6.30. The number of hydrogen-bond acceptors (Lipinski definition) is 4. The third kappa shape index (κ3) is 2.86. The molecule has 2 aliphatic rings. The molecule has 1 aromatic heterocycles. The topological polar surface area (TPSA) is 67.2 Å². The number of carbonyl (C=O) groups is 1. The lowest BCUT2D eigenvalue weighted by atomic mass is 9.67. The Hall–Kier alpha value is -2.14. The van der Waals surface area contributed by atoms with E-state index < -0.39 is 0 Å². The van der Waals surface area contributed by atoms with E-state index in [1.54, 1.807) is 0 Å². The Labute approximate surface area is 148 Å². The minimum Gasteiger partial charge on any atom is -0.441 e. The molecule has 132 valence electrons. The summed E-state index contributed by atoms with van der Waals surface area (Å²) in [4.78, 5) is 17.5. The maximum atomic E-state index is 13.1. The highest BCUT2D eigenvalue weighted by molar-refractivity contribution is 5.96. The molecule has 2 aromatic rings. The zero-order chi connectivity index (χ0) is 17.4. The van der Waals surface area contributed by atoms with E-state index in [-0.39, 0.29) is 11.3 Å². The molecule has 1 aliphatic heterocycles. The summed E-state index contributed by atoms with van der Waals surface area (Å²) in [7, 11) is 0. The van der Waals surface area contributed by atoms with Crippen LogP contribution >= 0.6 is 0 Å². The summed E-state index contributed by atoms with van der Waals surface area (Å²) < 4.78 is 5.71. The minimum atomic E-state index is -0.246. The van der Waals surface area contributed by atoms with Gasteiger partial charge >= 0.3 is 0 Å². The predicted molar refractivity (Wildman–Crippen MR) is 97.3 cm³/mol. The summed E-state index contributed by atoms with van der Waals surface area (Å²) in [6.07, 6.45) is 4.50. The van der Waals surface area contributed by atoms with Gasteiger partial charge in [-0.15, -0.1) is 0 Å². The summed E-state index contributed by atoms with van der Waals surface area (Å²) in [5.41, 5.74) is 2.34. The van der Waals surface area contributed by atoms with Crippen molar-refractivity contribution in [2.24, 2.45) is 11.3 Å². The van der Waals surface area contributed by atoms with Gasteiger partial charge in [0.15, 0.2) is 0 Å². The summed E-state index contributed by atoms with van der Waals surface area (Å²) >= 11 is 0. The lowest BCUT2D eigenvalue weighted by molar-refractivity contribution is -0.128.